The molecule has 140 valence electrons. The highest BCUT2D eigenvalue weighted by Gasteiger charge is 2.46. The van der Waals surface area contributed by atoms with Gasteiger partial charge in [-0.3, -0.25) is 10.7 Å². The van der Waals surface area contributed by atoms with Gasteiger partial charge in [-0.25, -0.2) is 4.79 Å². The van der Waals surface area contributed by atoms with Crippen molar-refractivity contribution < 1.29 is 35.9 Å². The lowest BCUT2D eigenvalue weighted by Gasteiger charge is -2.24. The minimum atomic E-state index is -4.83. The molecule has 1 aliphatic rings. The van der Waals surface area contributed by atoms with Gasteiger partial charge in [0.1, 0.15) is 5.71 Å². The number of nitrogens with one attached hydrogen (secondary N) is 2. The highest BCUT2D eigenvalue weighted by molar-refractivity contribution is 5.92. The molecular weight excluding hydrogens is 370 g/mol. The van der Waals surface area contributed by atoms with E-state index in [0.29, 0.717) is 6.07 Å². The van der Waals surface area contributed by atoms with Crippen LogP contribution < -0.4 is 10.7 Å². The fourth-order valence-corrected chi connectivity index (χ4v) is 2.11. The summed E-state index contributed by atoms with van der Waals surface area (Å²) in [5.74, 6) is 0. The van der Waals surface area contributed by atoms with Crippen molar-refractivity contribution in [3.63, 3.8) is 0 Å². The van der Waals surface area contributed by atoms with Gasteiger partial charge in [0, 0.05) is 5.69 Å². The number of nitriles is 1. The lowest BCUT2D eigenvalue weighted by atomic mass is 10.1. The van der Waals surface area contributed by atoms with Crippen molar-refractivity contribution in [1.29, 1.82) is 5.26 Å². The van der Waals surface area contributed by atoms with E-state index in [2.05, 4.69) is 5.10 Å². The van der Waals surface area contributed by atoms with Crippen molar-refractivity contribution in [2.75, 3.05) is 5.32 Å². The minimum absolute atomic E-state index is 0.347. The summed E-state index contributed by atoms with van der Waals surface area (Å²) >= 11 is 0. The second kappa shape index (κ2) is 6.40. The SMILES string of the molecule is C[C@]1(OC(=O)Nc2ccc(C#N)c(C(F)(F)F)c2)CC(C(F)(F)F)=NN1. The first-order chi connectivity index (χ1) is 11.8. The summed E-state index contributed by atoms with van der Waals surface area (Å²) in [6.45, 7) is 1.12. The number of carbonyl (C=O) groups is 1. The third-order valence-corrected chi connectivity index (χ3v) is 3.27. The number of hydrogen-bond acceptors (Lipinski definition) is 5. The minimum Gasteiger partial charge on any atom is -0.421 e. The molecule has 0 spiro atoms. The molecule has 0 aromatic heterocycles. The lowest BCUT2D eigenvalue weighted by molar-refractivity contribution is -0.137. The maximum absolute atomic E-state index is 12.9. The fourth-order valence-electron chi connectivity index (χ4n) is 2.11. The van der Waals surface area contributed by atoms with Crippen molar-refractivity contribution in [3.8, 4) is 6.07 Å². The van der Waals surface area contributed by atoms with E-state index in [0.717, 1.165) is 19.1 Å². The second-order valence-corrected chi connectivity index (χ2v) is 5.46. The molecule has 2 N–H and O–H groups in total. The van der Waals surface area contributed by atoms with Crippen molar-refractivity contribution in [3.05, 3.63) is 29.3 Å². The number of carbonyl (C=O) groups excluding carboxylic acids is 1. The largest absolute Gasteiger partial charge is 0.431 e. The van der Waals surface area contributed by atoms with Crippen LogP contribution in [0.4, 0.5) is 36.8 Å². The average molecular weight is 380 g/mol. The lowest BCUT2D eigenvalue weighted by Crippen LogP contribution is -2.42. The van der Waals surface area contributed by atoms with Crippen LogP contribution in [-0.4, -0.2) is 23.7 Å². The van der Waals surface area contributed by atoms with Crippen LogP contribution >= 0.6 is 0 Å². The number of hydrazone groups is 1. The number of alkyl halides is 6. The van der Waals surface area contributed by atoms with Crippen LogP contribution in [0, 0.1) is 11.3 Å². The molecule has 1 aliphatic heterocycles. The normalized spacial score (nSPS) is 20.0. The highest BCUT2D eigenvalue weighted by Crippen LogP contribution is 2.34. The Balaban J connectivity index is 2.09. The van der Waals surface area contributed by atoms with Crippen LogP contribution in [0.3, 0.4) is 0 Å². The van der Waals surface area contributed by atoms with Crippen LogP contribution in [0.2, 0.25) is 0 Å². The second-order valence-electron chi connectivity index (χ2n) is 5.46. The molecule has 1 atom stereocenters. The van der Waals surface area contributed by atoms with Crippen LogP contribution in [0.5, 0.6) is 0 Å². The molecule has 0 unspecified atom stereocenters. The third kappa shape index (κ3) is 4.35. The molecule has 0 fully saturated rings. The molecule has 0 aliphatic carbocycles. The first kappa shape index (κ1) is 19.4. The number of anilines is 1. The zero-order valence-electron chi connectivity index (χ0n) is 12.9. The van der Waals surface area contributed by atoms with Gasteiger partial charge in [0.15, 0.2) is 0 Å². The number of rotatable bonds is 2. The molecule has 0 bridgehead atoms. The van der Waals surface area contributed by atoms with Gasteiger partial charge in [-0.05, 0) is 25.1 Å². The first-order valence-corrected chi connectivity index (χ1v) is 6.86. The Morgan fingerprint density at radius 1 is 1.31 bits per heavy atom. The van der Waals surface area contributed by atoms with Crippen molar-refractivity contribution >= 4 is 17.5 Å². The Labute approximate surface area is 142 Å². The van der Waals surface area contributed by atoms with E-state index in [1.807, 2.05) is 10.7 Å². The van der Waals surface area contributed by atoms with E-state index >= 15 is 0 Å². The van der Waals surface area contributed by atoms with E-state index in [1.165, 1.54) is 6.07 Å². The van der Waals surface area contributed by atoms with Gasteiger partial charge in [-0.2, -0.15) is 36.7 Å². The molecular formula is C14H10F6N4O2. The van der Waals surface area contributed by atoms with E-state index in [9.17, 15) is 31.1 Å². The van der Waals surface area contributed by atoms with E-state index in [1.54, 1.807) is 0 Å². The van der Waals surface area contributed by atoms with Gasteiger partial charge in [0.05, 0.1) is 23.6 Å². The Hall–Kier alpha value is -2.97. The summed E-state index contributed by atoms with van der Waals surface area (Å²) in [6, 6.07) is 3.76. The fraction of sp³-hybridized carbons (Fsp3) is 0.357. The van der Waals surface area contributed by atoms with Crippen LogP contribution in [0.1, 0.15) is 24.5 Å². The third-order valence-electron chi connectivity index (χ3n) is 3.27. The number of hydrogen-bond donors (Lipinski definition) is 2. The average Bonchev–Trinajstić information content (AvgIpc) is 2.88. The van der Waals surface area contributed by atoms with Crippen molar-refractivity contribution in [2.24, 2.45) is 5.10 Å². The number of amides is 1. The molecule has 0 radical (unpaired) electrons. The van der Waals surface area contributed by atoms with Crippen LogP contribution in [-0.2, 0) is 10.9 Å². The maximum Gasteiger partial charge on any atom is 0.431 e. The standard InChI is InChI=1S/C14H10F6N4O2/c1-12(5-10(23-24-12)14(18,19)20)26-11(25)22-8-3-2-7(6-21)9(4-8)13(15,16)17/h2-4,24H,5H2,1H3,(H,22,25)/t12-/m0/s1. The molecule has 12 heteroatoms. The smallest absolute Gasteiger partial charge is 0.421 e. The summed E-state index contributed by atoms with van der Waals surface area (Å²) in [7, 11) is 0. The van der Waals surface area contributed by atoms with E-state index < -0.39 is 47.4 Å². The van der Waals surface area contributed by atoms with Gasteiger partial charge < -0.3 is 4.74 Å². The Morgan fingerprint density at radius 2 is 1.96 bits per heavy atom. The molecule has 6 nitrogen and oxygen atoms in total. The quantitative estimate of drug-likeness (QED) is 0.765. The van der Waals surface area contributed by atoms with E-state index in [4.69, 9.17) is 10.00 Å². The summed E-state index contributed by atoms with van der Waals surface area (Å²) < 4.78 is 81.1. The molecule has 1 amide bonds. The van der Waals surface area contributed by atoms with Gasteiger partial charge >= 0.3 is 18.4 Å². The van der Waals surface area contributed by atoms with Crippen molar-refractivity contribution in [2.45, 2.75) is 31.4 Å². The topological polar surface area (TPSA) is 86.5 Å². The highest BCUT2D eigenvalue weighted by atomic mass is 19.4. The Bertz CT molecular complexity index is 796. The zero-order valence-corrected chi connectivity index (χ0v) is 12.9. The number of nitrogens with zero attached hydrogens (tertiary/aromatic N) is 2. The zero-order chi connectivity index (χ0) is 19.8. The van der Waals surface area contributed by atoms with Gasteiger partial charge in [-0.15, -0.1) is 0 Å². The molecule has 1 aromatic carbocycles. The molecule has 2 rings (SSSR count). The first-order valence-electron chi connectivity index (χ1n) is 6.86. The molecule has 1 aromatic rings. The summed E-state index contributed by atoms with van der Waals surface area (Å²) in [4.78, 5) is 11.8. The molecule has 0 saturated heterocycles. The predicted molar refractivity (Wildman–Crippen MR) is 75.9 cm³/mol. The Kier molecular flexibility index (Phi) is 4.76. The number of benzene rings is 1. The summed E-state index contributed by atoms with van der Waals surface area (Å²) in [5.41, 5.74) is -3.25. The van der Waals surface area contributed by atoms with Gasteiger partial charge in [0.25, 0.3) is 0 Å². The maximum atomic E-state index is 12.9. The van der Waals surface area contributed by atoms with Crippen LogP contribution in [0.15, 0.2) is 23.3 Å². The van der Waals surface area contributed by atoms with Crippen molar-refractivity contribution in [1.82, 2.24) is 5.43 Å². The van der Waals surface area contributed by atoms with Gasteiger partial charge in [-0.1, -0.05) is 0 Å². The molecule has 26 heavy (non-hydrogen) atoms. The Morgan fingerprint density at radius 3 is 2.46 bits per heavy atom. The summed E-state index contributed by atoms with van der Waals surface area (Å²) in [5, 5.41) is 13.7. The number of ether oxygens (including phenoxy) is 1. The van der Waals surface area contributed by atoms with Gasteiger partial charge in [0.2, 0.25) is 5.72 Å². The summed E-state index contributed by atoms with van der Waals surface area (Å²) in [6.07, 6.45) is -11.6. The molecule has 0 saturated carbocycles. The number of halogens is 6. The molecule has 1 heterocycles. The predicted octanol–water partition coefficient (Wildman–Crippen LogP) is 3.75. The van der Waals surface area contributed by atoms with Crippen LogP contribution in [0.25, 0.3) is 0 Å². The van der Waals surface area contributed by atoms with E-state index in [-0.39, 0.29) is 5.69 Å². The monoisotopic (exact) mass is 380 g/mol.